The first kappa shape index (κ1) is 17.5. The molecular formula is C19H25N3O3. The summed E-state index contributed by atoms with van der Waals surface area (Å²) in [6, 6.07) is 7.73. The van der Waals surface area contributed by atoms with Gasteiger partial charge < -0.3 is 14.2 Å². The minimum Gasteiger partial charge on any atom is -0.484 e. The Morgan fingerprint density at radius 3 is 2.68 bits per heavy atom. The zero-order chi connectivity index (χ0) is 17.8. The fourth-order valence-electron chi connectivity index (χ4n) is 2.97. The summed E-state index contributed by atoms with van der Waals surface area (Å²) >= 11 is 0. The highest BCUT2D eigenvalue weighted by molar-refractivity contribution is 5.77. The average molecular weight is 343 g/mol. The Balaban J connectivity index is 1.49. The number of para-hydroxylation sites is 1. The van der Waals surface area contributed by atoms with Crippen molar-refractivity contribution in [2.75, 3.05) is 19.7 Å². The van der Waals surface area contributed by atoms with Gasteiger partial charge >= 0.3 is 0 Å². The molecule has 0 saturated carbocycles. The second-order valence-corrected chi connectivity index (χ2v) is 6.85. The lowest BCUT2D eigenvalue weighted by molar-refractivity contribution is -0.134. The number of carbonyl (C=O) groups is 1. The third kappa shape index (κ3) is 4.18. The minimum atomic E-state index is 0.0232. The number of rotatable bonds is 5. The van der Waals surface area contributed by atoms with Gasteiger partial charge in [-0.05, 0) is 31.4 Å². The molecule has 0 unspecified atom stereocenters. The van der Waals surface area contributed by atoms with E-state index in [0.717, 1.165) is 30.0 Å². The van der Waals surface area contributed by atoms with Gasteiger partial charge in [-0.2, -0.15) is 4.98 Å². The minimum absolute atomic E-state index is 0.0232. The molecule has 134 valence electrons. The first-order valence-corrected chi connectivity index (χ1v) is 8.84. The number of hydrogen-bond acceptors (Lipinski definition) is 5. The molecule has 25 heavy (non-hydrogen) atoms. The Hall–Kier alpha value is -2.37. The molecule has 1 aromatic heterocycles. The Bertz CT molecular complexity index is 718. The molecule has 2 heterocycles. The molecule has 1 fully saturated rings. The lowest BCUT2D eigenvalue weighted by atomic mass is 9.96. The maximum atomic E-state index is 12.4. The molecule has 0 atom stereocenters. The zero-order valence-electron chi connectivity index (χ0n) is 15.1. The van der Waals surface area contributed by atoms with Crippen molar-refractivity contribution in [2.24, 2.45) is 0 Å². The van der Waals surface area contributed by atoms with Crippen LogP contribution in [-0.4, -0.2) is 40.6 Å². The molecular weight excluding hydrogens is 318 g/mol. The smallest absolute Gasteiger partial charge is 0.260 e. The van der Waals surface area contributed by atoms with E-state index in [1.54, 1.807) is 0 Å². The highest BCUT2D eigenvalue weighted by Gasteiger charge is 2.28. The van der Waals surface area contributed by atoms with E-state index in [9.17, 15) is 4.79 Å². The SMILES string of the molecule is Cc1ccccc1OCC(=O)N1CCC(c2nc(C(C)C)no2)CC1. The average Bonchev–Trinajstić information content (AvgIpc) is 3.11. The van der Waals surface area contributed by atoms with E-state index in [0.29, 0.717) is 19.0 Å². The van der Waals surface area contributed by atoms with Gasteiger partial charge in [0.15, 0.2) is 12.4 Å². The van der Waals surface area contributed by atoms with Crippen LogP contribution in [0.5, 0.6) is 5.75 Å². The second kappa shape index (κ2) is 7.68. The molecule has 0 aliphatic carbocycles. The predicted molar refractivity (Wildman–Crippen MR) is 93.6 cm³/mol. The zero-order valence-corrected chi connectivity index (χ0v) is 15.1. The quantitative estimate of drug-likeness (QED) is 0.833. The van der Waals surface area contributed by atoms with E-state index < -0.39 is 0 Å². The normalized spacial score (nSPS) is 15.6. The molecule has 2 aromatic rings. The fraction of sp³-hybridized carbons (Fsp3) is 0.526. The van der Waals surface area contributed by atoms with Crippen molar-refractivity contribution in [1.29, 1.82) is 0 Å². The summed E-state index contributed by atoms with van der Waals surface area (Å²) in [5.74, 6) is 2.74. The molecule has 0 radical (unpaired) electrons. The number of carbonyl (C=O) groups excluding carboxylic acids is 1. The van der Waals surface area contributed by atoms with E-state index in [4.69, 9.17) is 9.26 Å². The Labute approximate surface area is 148 Å². The van der Waals surface area contributed by atoms with Crippen molar-refractivity contribution < 1.29 is 14.1 Å². The van der Waals surface area contributed by atoms with Crippen LogP contribution in [0.25, 0.3) is 0 Å². The summed E-state index contributed by atoms with van der Waals surface area (Å²) in [5, 5.41) is 4.03. The fourth-order valence-corrected chi connectivity index (χ4v) is 2.97. The van der Waals surface area contributed by atoms with Gasteiger partial charge in [-0.15, -0.1) is 0 Å². The molecule has 3 rings (SSSR count). The molecule has 0 N–H and O–H groups in total. The molecule has 6 heteroatoms. The lowest BCUT2D eigenvalue weighted by Crippen LogP contribution is -2.40. The van der Waals surface area contributed by atoms with Crippen molar-refractivity contribution >= 4 is 5.91 Å². The highest BCUT2D eigenvalue weighted by Crippen LogP contribution is 2.28. The van der Waals surface area contributed by atoms with Crippen molar-refractivity contribution in [1.82, 2.24) is 15.0 Å². The number of piperidine rings is 1. The largest absolute Gasteiger partial charge is 0.484 e. The first-order valence-electron chi connectivity index (χ1n) is 8.84. The summed E-state index contributed by atoms with van der Waals surface area (Å²) in [6.45, 7) is 7.53. The molecule has 1 aromatic carbocycles. The van der Waals surface area contributed by atoms with Gasteiger partial charge in [0.05, 0.1) is 0 Å². The van der Waals surface area contributed by atoms with Gasteiger partial charge in [-0.1, -0.05) is 37.2 Å². The van der Waals surface area contributed by atoms with Gasteiger partial charge in [-0.3, -0.25) is 4.79 Å². The lowest BCUT2D eigenvalue weighted by Gasteiger charge is -2.30. The monoisotopic (exact) mass is 343 g/mol. The highest BCUT2D eigenvalue weighted by atomic mass is 16.5. The van der Waals surface area contributed by atoms with Crippen LogP contribution in [0.15, 0.2) is 28.8 Å². The molecule has 0 bridgehead atoms. The van der Waals surface area contributed by atoms with Crippen molar-refractivity contribution in [3.8, 4) is 5.75 Å². The number of benzene rings is 1. The summed E-state index contributed by atoms with van der Waals surface area (Å²) in [4.78, 5) is 18.7. The van der Waals surface area contributed by atoms with E-state index in [2.05, 4.69) is 10.1 Å². The third-order valence-electron chi connectivity index (χ3n) is 4.62. The van der Waals surface area contributed by atoms with E-state index >= 15 is 0 Å². The predicted octanol–water partition coefficient (Wildman–Crippen LogP) is 3.29. The summed E-state index contributed by atoms with van der Waals surface area (Å²) in [5.41, 5.74) is 1.03. The van der Waals surface area contributed by atoms with Crippen LogP contribution in [0.3, 0.4) is 0 Å². The summed E-state index contributed by atoms with van der Waals surface area (Å²) < 4.78 is 11.1. The molecule has 1 amide bonds. The number of ether oxygens (including phenoxy) is 1. The number of amides is 1. The topological polar surface area (TPSA) is 68.5 Å². The van der Waals surface area contributed by atoms with Crippen LogP contribution in [-0.2, 0) is 4.79 Å². The third-order valence-corrected chi connectivity index (χ3v) is 4.62. The van der Waals surface area contributed by atoms with Crippen LogP contribution in [0, 0.1) is 6.92 Å². The van der Waals surface area contributed by atoms with Crippen LogP contribution in [0.4, 0.5) is 0 Å². The van der Waals surface area contributed by atoms with E-state index in [1.807, 2.05) is 49.9 Å². The van der Waals surface area contributed by atoms with Crippen LogP contribution >= 0.6 is 0 Å². The van der Waals surface area contributed by atoms with Gasteiger partial charge in [0.1, 0.15) is 5.75 Å². The van der Waals surface area contributed by atoms with Crippen molar-refractivity contribution in [2.45, 2.75) is 45.4 Å². The summed E-state index contributed by atoms with van der Waals surface area (Å²) in [6.07, 6.45) is 1.69. The molecule has 6 nitrogen and oxygen atoms in total. The number of aromatic nitrogens is 2. The molecule has 1 aliphatic rings. The van der Waals surface area contributed by atoms with E-state index in [-0.39, 0.29) is 24.3 Å². The number of nitrogens with zero attached hydrogens (tertiary/aromatic N) is 3. The van der Waals surface area contributed by atoms with E-state index in [1.165, 1.54) is 0 Å². The van der Waals surface area contributed by atoms with Crippen molar-refractivity contribution in [3.63, 3.8) is 0 Å². The first-order chi connectivity index (χ1) is 12.0. The van der Waals surface area contributed by atoms with Gasteiger partial charge in [-0.25, -0.2) is 0 Å². The maximum Gasteiger partial charge on any atom is 0.260 e. The van der Waals surface area contributed by atoms with Crippen LogP contribution in [0.2, 0.25) is 0 Å². The van der Waals surface area contributed by atoms with Gasteiger partial charge in [0.25, 0.3) is 5.91 Å². The summed E-state index contributed by atoms with van der Waals surface area (Å²) in [7, 11) is 0. The van der Waals surface area contributed by atoms with Gasteiger partial charge in [0.2, 0.25) is 5.89 Å². The van der Waals surface area contributed by atoms with Crippen LogP contribution < -0.4 is 4.74 Å². The Morgan fingerprint density at radius 2 is 2.04 bits per heavy atom. The molecule has 1 aliphatic heterocycles. The van der Waals surface area contributed by atoms with Crippen LogP contribution in [0.1, 0.15) is 55.8 Å². The van der Waals surface area contributed by atoms with Crippen molar-refractivity contribution in [3.05, 3.63) is 41.5 Å². The Kier molecular flexibility index (Phi) is 5.36. The number of aryl methyl sites for hydroxylation is 1. The molecule has 0 spiro atoms. The molecule has 1 saturated heterocycles. The Morgan fingerprint density at radius 1 is 1.32 bits per heavy atom. The number of likely N-dealkylation sites (tertiary alicyclic amines) is 1. The second-order valence-electron chi connectivity index (χ2n) is 6.85. The van der Waals surface area contributed by atoms with Gasteiger partial charge in [0, 0.05) is 24.9 Å². The maximum absolute atomic E-state index is 12.4. The number of hydrogen-bond donors (Lipinski definition) is 0. The standard InChI is InChI=1S/C19H25N3O3/c1-13(2)18-20-19(25-21-18)15-8-10-22(11-9-15)17(23)12-24-16-7-5-4-6-14(16)3/h4-7,13,15H,8-12H2,1-3H3.